The van der Waals surface area contributed by atoms with Crippen LogP contribution in [0.1, 0.15) is 25.7 Å². The molecular formula is C12H23O5P. The Hall–Kier alpha value is 0.230. The maximum absolute atomic E-state index is 9.63. The van der Waals surface area contributed by atoms with E-state index < -0.39 is 0 Å². The zero-order valence-electron chi connectivity index (χ0n) is 10.6. The molecule has 5 atom stereocenters. The van der Waals surface area contributed by atoms with Crippen LogP contribution in [0.4, 0.5) is 0 Å². The molecule has 2 N–H and O–H groups in total. The van der Waals surface area contributed by atoms with Crippen molar-refractivity contribution in [3.8, 4) is 0 Å². The normalized spacial score (nSPS) is 29.7. The van der Waals surface area contributed by atoms with Crippen LogP contribution in [0.15, 0.2) is 0 Å². The summed E-state index contributed by atoms with van der Waals surface area (Å²) in [6, 6.07) is 0. The zero-order valence-corrected chi connectivity index (χ0v) is 11.6. The van der Waals surface area contributed by atoms with Crippen molar-refractivity contribution in [3.05, 3.63) is 0 Å². The molecular weight excluding hydrogens is 255 g/mol. The molecule has 2 heterocycles. The van der Waals surface area contributed by atoms with Crippen LogP contribution in [0, 0.1) is 0 Å². The second kappa shape index (κ2) is 7.73. The van der Waals surface area contributed by atoms with E-state index in [1.807, 2.05) is 0 Å². The quantitative estimate of drug-likeness (QED) is 0.330. The second-order valence-electron chi connectivity index (χ2n) is 5.01. The molecule has 0 radical (unpaired) electrons. The fourth-order valence-electron chi connectivity index (χ4n) is 1.82. The summed E-state index contributed by atoms with van der Waals surface area (Å²) in [7, 11) is 0.410. The third-order valence-corrected chi connectivity index (χ3v) is 4.01. The third kappa shape index (κ3) is 6.98. The van der Waals surface area contributed by atoms with Gasteiger partial charge in [0.05, 0.1) is 44.2 Å². The molecule has 0 aromatic rings. The predicted molar refractivity (Wildman–Crippen MR) is 69.1 cm³/mol. The van der Waals surface area contributed by atoms with Crippen LogP contribution in [0.5, 0.6) is 0 Å². The van der Waals surface area contributed by atoms with Gasteiger partial charge in [-0.25, -0.2) is 0 Å². The van der Waals surface area contributed by atoms with E-state index in [0.717, 1.165) is 38.6 Å². The van der Waals surface area contributed by atoms with Gasteiger partial charge < -0.3 is 24.2 Å². The van der Waals surface area contributed by atoms with Crippen LogP contribution < -0.4 is 0 Å². The lowest BCUT2D eigenvalue weighted by atomic mass is 10.1. The Balaban J connectivity index is 1.34. The smallest absolute Gasteiger partial charge is 0.0834 e. The van der Waals surface area contributed by atoms with E-state index >= 15 is 0 Å². The highest BCUT2D eigenvalue weighted by Gasteiger charge is 2.26. The fourth-order valence-corrected chi connectivity index (χ4v) is 2.67. The van der Waals surface area contributed by atoms with Crippen LogP contribution in [0.3, 0.4) is 0 Å². The summed E-state index contributed by atoms with van der Waals surface area (Å²) in [5.41, 5.74) is 0. The van der Waals surface area contributed by atoms with Gasteiger partial charge in [-0.2, -0.15) is 0 Å². The Bertz CT molecular complexity index is 209. The number of ether oxygens (including phenoxy) is 2. The summed E-state index contributed by atoms with van der Waals surface area (Å²) in [6.45, 7) is 2.19. The van der Waals surface area contributed by atoms with E-state index in [4.69, 9.17) is 14.0 Å². The van der Waals surface area contributed by atoms with Gasteiger partial charge in [0, 0.05) is 21.6 Å². The average Bonchev–Trinajstić information content (AvgIpc) is 3.19. The van der Waals surface area contributed by atoms with Crippen molar-refractivity contribution in [1.29, 1.82) is 0 Å². The molecule has 18 heavy (non-hydrogen) atoms. The number of hydrogen-bond acceptors (Lipinski definition) is 5. The summed E-state index contributed by atoms with van der Waals surface area (Å²) in [5.74, 6) is 0. The molecule has 0 aromatic carbocycles. The van der Waals surface area contributed by atoms with E-state index in [0.29, 0.717) is 27.9 Å². The van der Waals surface area contributed by atoms with Crippen molar-refractivity contribution < 1.29 is 24.2 Å². The Labute approximate surface area is 110 Å². The van der Waals surface area contributed by atoms with Crippen LogP contribution in [-0.4, -0.2) is 60.6 Å². The summed E-state index contributed by atoms with van der Waals surface area (Å²) in [4.78, 5) is 0. The first kappa shape index (κ1) is 14.6. The SMILES string of the molecule is OC(CCOPCCC(O)CC1CO1)CC1CO1. The van der Waals surface area contributed by atoms with Gasteiger partial charge in [-0.05, 0) is 19.0 Å². The lowest BCUT2D eigenvalue weighted by Crippen LogP contribution is -2.12. The Morgan fingerprint density at radius 1 is 1.06 bits per heavy atom. The summed E-state index contributed by atoms with van der Waals surface area (Å²) in [6.07, 6.45) is 3.83. The molecule has 5 nitrogen and oxygen atoms in total. The fraction of sp³-hybridized carbons (Fsp3) is 1.00. The minimum atomic E-state index is -0.306. The molecule has 2 aliphatic rings. The zero-order chi connectivity index (χ0) is 12.8. The van der Waals surface area contributed by atoms with Crippen molar-refractivity contribution >= 4 is 8.81 Å². The molecule has 106 valence electrons. The Morgan fingerprint density at radius 3 is 2.17 bits per heavy atom. The van der Waals surface area contributed by atoms with Gasteiger partial charge in [0.1, 0.15) is 0 Å². The summed E-state index contributed by atoms with van der Waals surface area (Å²) in [5, 5.41) is 19.2. The molecule has 2 fully saturated rings. The minimum Gasteiger partial charge on any atom is -0.393 e. The first-order chi connectivity index (χ1) is 8.74. The Morgan fingerprint density at radius 2 is 1.61 bits per heavy atom. The lowest BCUT2D eigenvalue weighted by Gasteiger charge is -2.10. The van der Waals surface area contributed by atoms with E-state index in [2.05, 4.69) is 0 Å². The van der Waals surface area contributed by atoms with Gasteiger partial charge in [-0.1, -0.05) is 0 Å². The first-order valence-electron chi connectivity index (χ1n) is 6.68. The Kier molecular flexibility index (Phi) is 6.29. The van der Waals surface area contributed by atoms with Crippen molar-refractivity contribution in [1.82, 2.24) is 0 Å². The molecule has 5 unspecified atom stereocenters. The third-order valence-electron chi connectivity index (χ3n) is 3.11. The van der Waals surface area contributed by atoms with Crippen LogP contribution >= 0.6 is 8.81 Å². The summed E-state index contributed by atoms with van der Waals surface area (Å²) < 4.78 is 15.6. The number of rotatable bonds is 11. The van der Waals surface area contributed by atoms with E-state index in [9.17, 15) is 10.2 Å². The van der Waals surface area contributed by atoms with E-state index in [1.54, 1.807) is 0 Å². The maximum atomic E-state index is 9.63. The predicted octanol–water partition coefficient (Wildman–Crippen LogP) is 0.676. The van der Waals surface area contributed by atoms with Gasteiger partial charge >= 0.3 is 0 Å². The van der Waals surface area contributed by atoms with Gasteiger partial charge in [0.15, 0.2) is 0 Å². The number of hydrogen-bond donors (Lipinski definition) is 2. The highest BCUT2D eigenvalue weighted by molar-refractivity contribution is 7.32. The molecule has 0 aromatic heterocycles. The second-order valence-corrected chi connectivity index (χ2v) is 6.09. The molecule has 0 aliphatic carbocycles. The largest absolute Gasteiger partial charge is 0.393 e. The average molecular weight is 278 g/mol. The van der Waals surface area contributed by atoms with Crippen molar-refractivity contribution in [2.75, 3.05) is 26.0 Å². The van der Waals surface area contributed by atoms with Gasteiger partial charge in [-0.3, -0.25) is 0 Å². The van der Waals surface area contributed by atoms with Crippen molar-refractivity contribution in [3.63, 3.8) is 0 Å². The number of aliphatic hydroxyl groups is 2. The molecule has 2 rings (SSSR count). The van der Waals surface area contributed by atoms with Gasteiger partial charge in [0.25, 0.3) is 0 Å². The minimum absolute atomic E-state index is 0.258. The van der Waals surface area contributed by atoms with Crippen LogP contribution in [-0.2, 0) is 14.0 Å². The van der Waals surface area contributed by atoms with Crippen LogP contribution in [0.25, 0.3) is 0 Å². The molecule has 2 aliphatic heterocycles. The molecule has 0 amide bonds. The maximum Gasteiger partial charge on any atom is 0.0834 e. The lowest BCUT2D eigenvalue weighted by molar-refractivity contribution is 0.124. The van der Waals surface area contributed by atoms with Gasteiger partial charge in [0.2, 0.25) is 0 Å². The monoisotopic (exact) mass is 278 g/mol. The first-order valence-corrected chi connectivity index (χ1v) is 7.79. The topological polar surface area (TPSA) is 74.8 Å². The molecule has 6 heteroatoms. The standard InChI is InChI=1S/C12H23O5P/c13-9(5-11-7-15-11)1-3-17-18-4-2-10(14)6-12-8-16-12/h9-14,18H,1-8H2. The molecule has 0 spiro atoms. The highest BCUT2D eigenvalue weighted by Crippen LogP contribution is 2.21. The molecule has 0 saturated carbocycles. The van der Waals surface area contributed by atoms with Crippen LogP contribution in [0.2, 0.25) is 0 Å². The van der Waals surface area contributed by atoms with E-state index in [-0.39, 0.29) is 18.3 Å². The highest BCUT2D eigenvalue weighted by atomic mass is 31.1. The van der Waals surface area contributed by atoms with Crippen molar-refractivity contribution in [2.24, 2.45) is 0 Å². The number of aliphatic hydroxyl groups excluding tert-OH is 2. The molecule has 0 bridgehead atoms. The van der Waals surface area contributed by atoms with Gasteiger partial charge in [-0.15, -0.1) is 0 Å². The summed E-state index contributed by atoms with van der Waals surface area (Å²) >= 11 is 0. The molecule has 2 saturated heterocycles. The van der Waals surface area contributed by atoms with E-state index in [1.165, 1.54) is 0 Å². The number of epoxide rings is 2. The van der Waals surface area contributed by atoms with Crippen molar-refractivity contribution in [2.45, 2.75) is 50.1 Å².